The zero-order valence-electron chi connectivity index (χ0n) is 25.2. The molecule has 0 N–H and O–H groups in total. The summed E-state index contributed by atoms with van der Waals surface area (Å²) < 4.78 is 6.24. The van der Waals surface area contributed by atoms with E-state index < -0.39 is 0 Å². The van der Waals surface area contributed by atoms with Gasteiger partial charge in [-0.25, -0.2) is 0 Å². The molecule has 0 spiro atoms. The second-order valence-corrected chi connectivity index (χ2v) is 12.0. The number of unbranched alkanes of at least 4 members (excludes halogenated alkanes) is 9. The molecular formula is C33H57NO3. The fourth-order valence-electron chi connectivity index (χ4n) is 5.94. The summed E-state index contributed by atoms with van der Waals surface area (Å²) in [6.07, 6.45) is 15.8. The van der Waals surface area contributed by atoms with Crippen molar-refractivity contribution in [2.24, 2.45) is 5.41 Å². The number of benzene rings is 1. The first-order chi connectivity index (χ1) is 17.7. The summed E-state index contributed by atoms with van der Waals surface area (Å²) in [5.74, 6) is -0.0297. The Bertz CT molecular complexity index is 764. The van der Waals surface area contributed by atoms with Crippen molar-refractivity contribution in [3.8, 4) is 0 Å². The van der Waals surface area contributed by atoms with E-state index in [1.807, 2.05) is 6.07 Å². The molecule has 0 bridgehead atoms. The number of carbonyl (C=O) groups excluding carboxylic acids is 1. The van der Waals surface area contributed by atoms with E-state index in [1.54, 1.807) is 0 Å². The van der Waals surface area contributed by atoms with Gasteiger partial charge in [0.05, 0.1) is 5.54 Å². The summed E-state index contributed by atoms with van der Waals surface area (Å²) >= 11 is 0. The van der Waals surface area contributed by atoms with Crippen LogP contribution in [0.3, 0.4) is 0 Å². The van der Waals surface area contributed by atoms with Crippen molar-refractivity contribution < 1.29 is 14.4 Å². The van der Waals surface area contributed by atoms with Gasteiger partial charge in [-0.05, 0) is 38.7 Å². The average molecular weight is 516 g/mol. The lowest BCUT2D eigenvalue weighted by molar-refractivity contribution is -0.327. The number of ether oxygens (including phenoxy) is 1. The Morgan fingerprint density at radius 3 is 2.03 bits per heavy atom. The van der Waals surface area contributed by atoms with Crippen LogP contribution in [-0.4, -0.2) is 28.7 Å². The lowest BCUT2D eigenvalue weighted by Gasteiger charge is -2.60. The number of hydroxylamine groups is 2. The Kier molecular flexibility index (Phi) is 13.7. The van der Waals surface area contributed by atoms with Gasteiger partial charge in [-0.15, -0.1) is 0 Å². The van der Waals surface area contributed by atoms with E-state index in [2.05, 4.69) is 77.8 Å². The molecule has 2 rings (SSSR count). The van der Waals surface area contributed by atoms with Crippen LogP contribution in [0.1, 0.15) is 150 Å². The highest BCUT2D eigenvalue weighted by molar-refractivity contribution is 5.69. The molecule has 4 unspecified atom stereocenters. The predicted molar refractivity (Wildman–Crippen MR) is 155 cm³/mol. The highest BCUT2D eigenvalue weighted by atomic mass is 16.7. The van der Waals surface area contributed by atoms with Crippen LogP contribution < -0.4 is 0 Å². The first-order valence-electron chi connectivity index (χ1n) is 15.4. The summed E-state index contributed by atoms with van der Waals surface area (Å²) in [5, 5.41) is 2.26. The van der Waals surface area contributed by atoms with E-state index in [0.717, 1.165) is 32.1 Å². The molecule has 1 aromatic carbocycles. The number of hydrogen-bond acceptors (Lipinski definition) is 4. The van der Waals surface area contributed by atoms with E-state index >= 15 is 0 Å². The minimum Gasteiger partial charge on any atom is -0.462 e. The average Bonchev–Trinajstić information content (AvgIpc) is 2.90. The van der Waals surface area contributed by atoms with E-state index in [4.69, 9.17) is 9.57 Å². The van der Waals surface area contributed by atoms with Crippen LogP contribution in [0.2, 0.25) is 0 Å². The van der Waals surface area contributed by atoms with Crippen molar-refractivity contribution in [3.05, 3.63) is 35.9 Å². The highest BCUT2D eigenvalue weighted by Crippen LogP contribution is 2.50. The van der Waals surface area contributed by atoms with Gasteiger partial charge in [0.1, 0.15) is 12.2 Å². The van der Waals surface area contributed by atoms with Crippen molar-refractivity contribution in [1.82, 2.24) is 5.06 Å². The molecule has 212 valence electrons. The number of piperidine rings is 1. The van der Waals surface area contributed by atoms with E-state index in [0.29, 0.717) is 6.42 Å². The highest BCUT2D eigenvalue weighted by Gasteiger charge is 2.57. The Hall–Kier alpha value is -1.39. The number of esters is 1. The third-order valence-electron chi connectivity index (χ3n) is 9.21. The van der Waals surface area contributed by atoms with E-state index in [9.17, 15) is 4.79 Å². The molecule has 0 amide bonds. The van der Waals surface area contributed by atoms with Gasteiger partial charge in [-0.3, -0.25) is 9.63 Å². The molecule has 1 fully saturated rings. The third-order valence-corrected chi connectivity index (χ3v) is 9.21. The topological polar surface area (TPSA) is 38.8 Å². The molecular weight excluding hydrogens is 458 g/mol. The molecule has 4 heteroatoms. The first-order valence-corrected chi connectivity index (χ1v) is 15.4. The lowest BCUT2D eigenvalue weighted by atomic mass is 9.63. The van der Waals surface area contributed by atoms with Crippen LogP contribution in [0.15, 0.2) is 30.3 Å². The standard InChI is InChI=1S/C33H57NO3/c1-8-11-12-13-14-15-16-17-18-22-25-31(35)36-30-26-29(9-2)34(33(7,10-3)32(30,5)6)37-27(4)28-23-20-19-21-24-28/h19-21,23-24,27,29-30H,8-18,22,25-26H2,1-7H3. The number of nitrogens with zero attached hydrogens (tertiary/aromatic N) is 1. The van der Waals surface area contributed by atoms with Gasteiger partial charge in [-0.2, -0.15) is 5.06 Å². The monoisotopic (exact) mass is 515 g/mol. The summed E-state index contributed by atoms with van der Waals surface area (Å²) in [4.78, 5) is 19.6. The van der Waals surface area contributed by atoms with Crippen LogP contribution in [0.4, 0.5) is 0 Å². The zero-order valence-corrected chi connectivity index (χ0v) is 25.2. The molecule has 0 radical (unpaired) electrons. The molecule has 0 saturated carbocycles. The van der Waals surface area contributed by atoms with Crippen LogP contribution in [0.5, 0.6) is 0 Å². The second kappa shape index (κ2) is 15.9. The molecule has 1 aromatic rings. The fraction of sp³-hybridized carbons (Fsp3) is 0.788. The van der Waals surface area contributed by atoms with Gasteiger partial charge in [0.2, 0.25) is 0 Å². The van der Waals surface area contributed by atoms with E-state index in [-0.39, 0.29) is 35.2 Å². The smallest absolute Gasteiger partial charge is 0.306 e. The van der Waals surface area contributed by atoms with Gasteiger partial charge in [0.15, 0.2) is 0 Å². The molecule has 37 heavy (non-hydrogen) atoms. The minimum absolute atomic E-state index is 0.0297. The molecule has 0 aromatic heterocycles. The number of rotatable bonds is 17. The fourth-order valence-corrected chi connectivity index (χ4v) is 5.94. The summed E-state index contributed by atoms with van der Waals surface area (Å²) in [5.41, 5.74) is 0.688. The van der Waals surface area contributed by atoms with Crippen molar-refractivity contribution in [1.29, 1.82) is 0 Å². The molecule has 4 nitrogen and oxygen atoms in total. The normalized spacial score (nSPS) is 24.6. The molecule has 4 atom stereocenters. The van der Waals surface area contributed by atoms with Crippen LogP contribution in [0.25, 0.3) is 0 Å². The molecule has 1 aliphatic heterocycles. The molecule has 1 heterocycles. The summed E-state index contributed by atoms with van der Waals surface area (Å²) in [6.45, 7) is 15.6. The lowest BCUT2D eigenvalue weighted by Crippen LogP contribution is -2.68. The quantitative estimate of drug-likeness (QED) is 0.153. The molecule has 1 aliphatic rings. The van der Waals surface area contributed by atoms with Crippen molar-refractivity contribution in [2.45, 2.75) is 162 Å². The maximum absolute atomic E-state index is 12.9. The van der Waals surface area contributed by atoms with Gasteiger partial charge < -0.3 is 4.74 Å². The molecule has 1 saturated heterocycles. The largest absolute Gasteiger partial charge is 0.462 e. The van der Waals surface area contributed by atoms with Crippen molar-refractivity contribution in [3.63, 3.8) is 0 Å². The Morgan fingerprint density at radius 1 is 0.919 bits per heavy atom. The minimum atomic E-state index is -0.253. The summed E-state index contributed by atoms with van der Waals surface area (Å²) in [7, 11) is 0. The van der Waals surface area contributed by atoms with Gasteiger partial charge >= 0.3 is 5.97 Å². The number of carbonyl (C=O) groups is 1. The van der Waals surface area contributed by atoms with Crippen molar-refractivity contribution in [2.75, 3.05) is 0 Å². The Balaban J connectivity index is 1.90. The van der Waals surface area contributed by atoms with E-state index in [1.165, 1.54) is 56.9 Å². The van der Waals surface area contributed by atoms with Crippen LogP contribution in [0, 0.1) is 5.41 Å². The molecule has 0 aliphatic carbocycles. The Labute approximate surface area is 228 Å². The van der Waals surface area contributed by atoms with Crippen LogP contribution >= 0.6 is 0 Å². The SMILES string of the molecule is CCCCCCCCCCCCC(=O)OC1CC(CC)N(OC(C)c2ccccc2)C(C)(CC)C1(C)C. The van der Waals surface area contributed by atoms with Crippen LogP contribution in [-0.2, 0) is 14.4 Å². The second-order valence-electron chi connectivity index (χ2n) is 12.0. The third kappa shape index (κ3) is 8.82. The van der Waals surface area contributed by atoms with Gasteiger partial charge in [0, 0.05) is 24.3 Å². The van der Waals surface area contributed by atoms with Crippen molar-refractivity contribution >= 4 is 5.97 Å². The Morgan fingerprint density at radius 2 is 1.49 bits per heavy atom. The maximum Gasteiger partial charge on any atom is 0.306 e. The van der Waals surface area contributed by atoms with Gasteiger partial charge in [0.25, 0.3) is 0 Å². The predicted octanol–water partition coefficient (Wildman–Crippen LogP) is 9.58. The summed E-state index contributed by atoms with van der Waals surface area (Å²) in [6, 6.07) is 10.6. The first kappa shape index (κ1) is 31.8. The number of hydrogen-bond donors (Lipinski definition) is 0. The maximum atomic E-state index is 12.9. The zero-order chi connectivity index (χ0) is 27.3. The van der Waals surface area contributed by atoms with Gasteiger partial charge in [-0.1, -0.05) is 123 Å².